The fourth-order valence-corrected chi connectivity index (χ4v) is 2.44. The highest BCUT2D eigenvalue weighted by Gasteiger charge is 2.20. The van der Waals surface area contributed by atoms with Crippen molar-refractivity contribution in [1.82, 2.24) is 0 Å². The summed E-state index contributed by atoms with van der Waals surface area (Å²) in [6, 6.07) is 10.0. The minimum Gasteiger partial charge on any atom is -0.370 e. The van der Waals surface area contributed by atoms with Gasteiger partial charge in [-0.2, -0.15) is 0 Å². The van der Waals surface area contributed by atoms with Crippen LogP contribution in [0.5, 0.6) is 0 Å². The maximum absolute atomic E-state index is 13.2. The molecule has 1 unspecified atom stereocenters. The summed E-state index contributed by atoms with van der Waals surface area (Å²) < 4.78 is 13.9. The molecular weight excluding hydrogens is 347 g/mol. The van der Waals surface area contributed by atoms with Crippen molar-refractivity contribution < 1.29 is 9.18 Å². The molecule has 0 aromatic heterocycles. The van der Waals surface area contributed by atoms with Gasteiger partial charge in [0.05, 0.1) is 0 Å². The number of hydrogen-bond donors (Lipinski definition) is 2. The standard InChI is InChI=1S/C14H11BrClFN2O/c15-12-5-4-8(16)6-11(12)13(14(18)20)19-10-3-1-2-9(17)7-10/h1-7,13,19H,(H2,18,20). The van der Waals surface area contributed by atoms with Crippen molar-refractivity contribution in [2.24, 2.45) is 5.73 Å². The van der Waals surface area contributed by atoms with Crippen molar-refractivity contribution in [1.29, 1.82) is 0 Å². The van der Waals surface area contributed by atoms with Gasteiger partial charge in [0, 0.05) is 15.2 Å². The quantitative estimate of drug-likeness (QED) is 0.872. The number of carbonyl (C=O) groups is 1. The zero-order chi connectivity index (χ0) is 14.7. The molecule has 0 heterocycles. The van der Waals surface area contributed by atoms with E-state index in [2.05, 4.69) is 21.2 Å². The molecule has 0 saturated heterocycles. The molecule has 0 aliphatic rings. The van der Waals surface area contributed by atoms with E-state index in [1.54, 1.807) is 30.3 Å². The summed E-state index contributed by atoms with van der Waals surface area (Å²) in [6.07, 6.45) is 0. The molecule has 1 amide bonds. The van der Waals surface area contributed by atoms with Crippen LogP contribution in [0.1, 0.15) is 11.6 Å². The van der Waals surface area contributed by atoms with Crippen molar-refractivity contribution in [3.63, 3.8) is 0 Å². The minimum absolute atomic E-state index is 0.400. The Kier molecular flexibility index (Phi) is 4.62. The first-order valence-electron chi connectivity index (χ1n) is 5.74. The van der Waals surface area contributed by atoms with Crippen LogP contribution in [0.25, 0.3) is 0 Å². The predicted molar refractivity (Wildman–Crippen MR) is 81.1 cm³/mol. The molecule has 2 aromatic rings. The summed E-state index contributed by atoms with van der Waals surface area (Å²) in [6.45, 7) is 0. The van der Waals surface area contributed by atoms with Crippen molar-refractivity contribution in [3.05, 3.63) is 63.3 Å². The maximum Gasteiger partial charge on any atom is 0.244 e. The molecule has 1 atom stereocenters. The first-order chi connectivity index (χ1) is 9.47. The summed E-state index contributed by atoms with van der Waals surface area (Å²) in [5, 5.41) is 3.38. The summed E-state index contributed by atoms with van der Waals surface area (Å²) in [5.41, 5.74) is 6.47. The number of halogens is 3. The molecule has 3 nitrogen and oxygen atoms in total. The number of hydrogen-bond acceptors (Lipinski definition) is 2. The van der Waals surface area contributed by atoms with E-state index >= 15 is 0 Å². The van der Waals surface area contributed by atoms with Crippen LogP contribution in [-0.2, 0) is 4.79 Å². The molecule has 2 aromatic carbocycles. The van der Waals surface area contributed by atoms with Crippen LogP contribution in [0.15, 0.2) is 46.9 Å². The summed E-state index contributed by atoms with van der Waals surface area (Å²) in [5.74, 6) is -0.986. The topological polar surface area (TPSA) is 55.1 Å². The monoisotopic (exact) mass is 356 g/mol. The minimum atomic E-state index is -0.815. The van der Waals surface area contributed by atoms with Gasteiger partial charge in [-0.15, -0.1) is 0 Å². The Bertz CT molecular complexity index is 651. The molecular formula is C14H11BrClFN2O. The molecule has 104 valence electrons. The predicted octanol–water partition coefficient (Wildman–Crippen LogP) is 3.88. The summed E-state index contributed by atoms with van der Waals surface area (Å²) in [4.78, 5) is 11.7. The summed E-state index contributed by atoms with van der Waals surface area (Å²) in [7, 11) is 0. The Morgan fingerprint density at radius 1 is 1.30 bits per heavy atom. The molecule has 0 aliphatic carbocycles. The van der Waals surface area contributed by atoms with Gasteiger partial charge in [0.2, 0.25) is 5.91 Å². The third kappa shape index (κ3) is 3.49. The average Bonchev–Trinajstić information content (AvgIpc) is 2.39. The number of primary amides is 1. The average molecular weight is 358 g/mol. The van der Waals surface area contributed by atoms with Gasteiger partial charge >= 0.3 is 0 Å². The van der Waals surface area contributed by atoms with Crippen LogP contribution in [0, 0.1) is 5.82 Å². The van der Waals surface area contributed by atoms with Gasteiger partial charge in [-0.1, -0.05) is 33.6 Å². The number of rotatable bonds is 4. The number of nitrogens with one attached hydrogen (secondary N) is 1. The second-order valence-corrected chi connectivity index (χ2v) is 5.45. The third-order valence-electron chi connectivity index (χ3n) is 2.69. The second-order valence-electron chi connectivity index (χ2n) is 4.16. The first kappa shape index (κ1) is 14.8. The van der Waals surface area contributed by atoms with Crippen molar-refractivity contribution >= 4 is 39.1 Å². The van der Waals surface area contributed by atoms with E-state index in [1.165, 1.54) is 12.1 Å². The molecule has 2 rings (SSSR count). The van der Waals surface area contributed by atoms with Gasteiger partial charge < -0.3 is 11.1 Å². The lowest BCUT2D eigenvalue weighted by Gasteiger charge is -2.18. The van der Waals surface area contributed by atoms with Gasteiger partial charge in [0.15, 0.2) is 0 Å². The second kappa shape index (κ2) is 6.24. The van der Waals surface area contributed by atoms with Crippen molar-refractivity contribution in [2.45, 2.75) is 6.04 Å². The number of benzene rings is 2. The smallest absolute Gasteiger partial charge is 0.244 e. The van der Waals surface area contributed by atoms with E-state index in [4.69, 9.17) is 17.3 Å². The van der Waals surface area contributed by atoms with E-state index in [9.17, 15) is 9.18 Å². The molecule has 3 N–H and O–H groups in total. The van der Waals surface area contributed by atoms with Gasteiger partial charge in [-0.3, -0.25) is 4.79 Å². The molecule has 0 spiro atoms. The van der Waals surface area contributed by atoms with Crippen LogP contribution in [0.3, 0.4) is 0 Å². The fourth-order valence-electron chi connectivity index (χ4n) is 1.78. The van der Waals surface area contributed by atoms with Gasteiger partial charge in [-0.05, 0) is 42.0 Å². The Morgan fingerprint density at radius 3 is 2.70 bits per heavy atom. The van der Waals surface area contributed by atoms with Crippen molar-refractivity contribution in [2.75, 3.05) is 5.32 Å². The molecule has 0 bridgehead atoms. The Balaban J connectivity index is 2.37. The normalized spacial score (nSPS) is 11.9. The molecule has 6 heteroatoms. The van der Waals surface area contributed by atoms with E-state index in [1.807, 2.05) is 0 Å². The van der Waals surface area contributed by atoms with E-state index in [0.29, 0.717) is 20.7 Å². The highest BCUT2D eigenvalue weighted by atomic mass is 79.9. The van der Waals surface area contributed by atoms with Crippen LogP contribution in [0.2, 0.25) is 5.02 Å². The molecule has 0 saturated carbocycles. The van der Waals surface area contributed by atoms with Gasteiger partial charge in [0.25, 0.3) is 0 Å². The van der Waals surface area contributed by atoms with E-state index < -0.39 is 17.8 Å². The maximum atomic E-state index is 13.2. The molecule has 0 radical (unpaired) electrons. The number of amides is 1. The highest BCUT2D eigenvalue weighted by molar-refractivity contribution is 9.10. The van der Waals surface area contributed by atoms with Crippen molar-refractivity contribution in [3.8, 4) is 0 Å². The Hall–Kier alpha value is -1.59. The van der Waals surface area contributed by atoms with Gasteiger partial charge in [-0.25, -0.2) is 4.39 Å². The molecule has 0 aliphatic heterocycles. The summed E-state index contributed by atoms with van der Waals surface area (Å²) >= 11 is 9.28. The molecule has 20 heavy (non-hydrogen) atoms. The lowest BCUT2D eigenvalue weighted by atomic mass is 10.1. The highest BCUT2D eigenvalue weighted by Crippen LogP contribution is 2.29. The lowest BCUT2D eigenvalue weighted by Crippen LogP contribution is -2.28. The van der Waals surface area contributed by atoms with Crippen LogP contribution < -0.4 is 11.1 Å². The van der Waals surface area contributed by atoms with Gasteiger partial charge in [0.1, 0.15) is 11.9 Å². The SMILES string of the molecule is NC(=O)C(Nc1cccc(F)c1)c1cc(Cl)ccc1Br. The van der Waals surface area contributed by atoms with Crippen LogP contribution >= 0.6 is 27.5 Å². The Morgan fingerprint density at radius 2 is 2.05 bits per heavy atom. The lowest BCUT2D eigenvalue weighted by molar-refractivity contribution is -0.118. The van der Waals surface area contributed by atoms with Crippen LogP contribution in [0.4, 0.5) is 10.1 Å². The third-order valence-corrected chi connectivity index (χ3v) is 3.65. The first-order valence-corrected chi connectivity index (χ1v) is 6.91. The van der Waals surface area contributed by atoms with Crippen LogP contribution in [-0.4, -0.2) is 5.91 Å². The number of carbonyl (C=O) groups excluding carboxylic acids is 1. The Labute approximate surface area is 129 Å². The van der Waals surface area contributed by atoms with E-state index in [-0.39, 0.29) is 0 Å². The molecule has 0 fully saturated rings. The zero-order valence-electron chi connectivity index (χ0n) is 10.2. The largest absolute Gasteiger partial charge is 0.370 e. The van der Waals surface area contributed by atoms with E-state index in [0.717, 1.165) is 0 Å². The number of anilines is 1. The fraction of sp³-hybridized carbons (Fsp3) is 0.0714. The number of nitrogens with two attached hydrogens (primary N) is 1. The zero-order valence-corrected chi connectivity index (χ0v) is 12.6.